The molecule has 0 aliphatic heterocycles. The van der Waals surface area contributed by atoms with Crippen molar-refractivity contribution in [3.8, 4) is 5.69 Å². The Bertz CT molecular complexity index is 1050. The van der Waals surface area contributed by atoms with Gasteiger partial charge in [0.25, 0.3) is 5.69 Å². The highest BCUT2D eigenvalue weighted by molar-refractivity contribution is 6.32. The number of nitrogens with zero attached hydrogens (tertiary/aromatic N) is 4. The molecule has 0 aliphatic carbocycles. The van der Waals surface area contributed by atoms with Gasteiger partial charge in [0, 0.05) is 54.7 Å². The number of hydrogen-bond acceptors (Lipinski definition) is 4. The van der Waals surface area contributed by atoms with Crippen molar-refractivity contribution in [2.75, 3.05) is 19.0 Å². The van der Waals surface area contributed by atoms with Crippen molar-refractivity contribution in [2.24, 2.45) is 4.99 Å². The molecule has 0 saturated carbocycles. The number of aromatic nitrogens is 1. The largest absolute Gasteiger partial charge is 0.378 e. The second-order valence-electron chi connectivity index (χ2n) is 6.72. The van der Waals surface area contributed by atoms with Gasteiger partial charge in [0.2, 0.25) is 0 Å². The molecule has 28 heavy (non-hydrogen) atoms. The van der Waals surface area contributed by atoms with Crippen LogP contribution in [-0.4, -0.2) is 29.8 Å². The van der Waals surface area contributed by atoms with Gasteiger partial charge in [-0.1, -0.05) is 11.6 Å². The lowest BCUT2D eigenvalue weighted by molar-refractivity contribution is -0.384. The van der Waals surface area contributed by atoms with E-state index < -0.39 is 4.92 Å². The van der Waals surface area contributed by atoms with Gasteiger partial charge in [-0.05, 0) is 56.3 Å². The minimum absolute atomic E-state index is 0.100. The van der Waals surface area contributed by atoms with E-state index in [1.807, 2.05) is 34.0 Å². The van der Waals surface area contributed by atoms with Gasteiger partial charge in [0.1, 0.15) is 5.02 Å². The molecule has 1 heterocycles. The van der Waals surface area contributed by atoms with Crippen molar-refractivity contribution in [3.63, 3.8) is 0 Å². The van der Waals surface area contributed by atoms with Crippen molar-refractivity contribution in [2.45, 2.75) is 13.8 Å². The predicted octanol–water partition coefficient (Wildman–Crippen LogP) is 5.47. The molecule has 0 fully saturated rings. The number of benzene rings is 2. The highest BCUT2D eigenvalue weighted by Gasteiger charge is 2.13. The van der Waals surface area contributed by atoms with E-state index in [2.05, 4.69) is 38.7 Å². The van der Waals surface area contributed by atoms with Gasteiger partial charge in [-0.15, -0.1) is 0 Å². The smallest absolute Gasteiger partial charge is 0.290 e. The average molecular weight is 397 g/mol. The van der Waals surface area contributed by atoms with Crippen LogP contribution in [0.4, 0.5) is 17.1 Å². The lowest BCUT2D eigenvalue weighted by Gasteiger charge is -2.14. The number of hydrogen-bond donors (Lipinski definition) is 0. The fourth-order valence-corrected chi connectivity index (χ4v) is 3.27. The van der Waals surface area contributed by atoms with E-state index in [1.54, 1.807) is 12.3 Å². The molecule has 0 atom stereocenters. The highest BCUT2D eigenvalue weighted by atomic mass is 35.5. The molecule has 0 aliphatic rings. The zero-order valence-corrected chi connectivity index (χ0v) is 16.9. The Balaban J connectivity index is 1.93. The van der Waals surface area contributed by atoms with Crippen LogP contribution in [0.15, 0.2) is 53.5 Å². The molecule has 0 amide bonds. The van der Waals surface area contributed by atoms with Gasteiger partial charge in [0.05, 0.1) is 10.6 Å². The maximum absolute atomic E-state index is 11.0. The van der Waals surface area contributed by atoms with Crippen LogP contribution >= 0.6 is 11.6 Å². The van der Waals surface area contributed by atoms with E-state index in [-0.39, 0.29) is 10.7 Å². The van der Waals surface area contributed by atoms with E-state index in [9.17, 15) is 10.1 Å². The summed E-state index contributed by atoms with van der Waals surface area (Å²) < 4.78 is 2.16. The first-order chi connectivity index (χ1) is 13.3. The van der Waals surface area contributed by atoms with Crippen LogP contribution in [0, 0.1) is 24.0 Å². The fourth-order valence-electron chi connectivity index (χ4n) is 3.08. The van der Waals surface area contributed by atoms with Gasteiger partial charge >= 0.3 is 0 Å². The summed E-state index contributed by atoms with van der Waals surface area (Å²) in [4.78, 5) is 17.0. The fraction of sp³-hybridized carbons (Fsp3) is 0.190. The number of aliphatic imine (C=N–C) groups is 1. The normalized spacial score (nSPS) is 11.2. The standard InChI is InChI=1S/C21H21ClN4O2/c1-14-11-16(13-23-17-5-10-20(22)21(12-17)26(27)28)15(2)25(14)19-8-6-18(7-9-19)24(3)4/h5-13H,1-4H3. The number of anilines is 1. The summed E-state index contributed by atoms with van der Waals surface area (Å²) in [5, 5.41) is 11.1. The molecule has 1 aromatic heterocycles. The molecule has 0 spiro atoms. The van der Waals surface area contributed by atoms with Gasteiger partial charge in [-0.25, -0.2) is 0 Å². The third kappa shape index (κ3) is 3.92. The number of nitro groups is 1. The van der Waals surface area contributed by atoms with Gasteiger partial charge in [-0.3, -0.25) is 15.1 Å². The summed E-state index contributed by atoms with van der Waals surface area (Å²) >= 11 is 5.86. The summed E-state index contributed by atoms with van der Waals surface area (Å²) in [6.07, 6.45) is 1.72. The van der Waals surface area contributed by atoms with Crippen molar-refractivity contribution < 1.29 is 4.92 Å². The van der Waals surface area contributed by atoms with Crippen molar-refractivity contribution in [3.05, 3.63) is 80.6 Å². The van der Waals surface area contributed by atoms with Gasteiger partial charge in [0.15, 0.2) is 0 Å². The van der Waals surface area contributed by atoms with Crippen LogP contribution in [0.5, 0.6) is 0 Å². The van der Waals surface area contributed by atoms with Crippen molar-refractivity contribution in [1.82, 2.24) is 4.57 Å². The molecule has 3 aromatic rings. The molecule has 6 nitrogen and oxygen atoms in total. The topological polar surface area (TPSA) is 63.7 Å². The van der Waals surface area contributed by atoms with Crippen LogP contribution in [0.3, 0.4) is 0 Å². The maximum Gasteiger partial charge on any atom is 0.290 e. The molecule has 2 aromatic carbocycles. The first-order valence-corrected chi connectivity index (χ1v) is 9.10. The van der Waals surface area contributed by atoms with E-state index in [4.69, 9.17) is 11.6 Å². The molecule has 0 radical (unpaired) electrons. The van der Waals surface area contributed by atoms with Crippen LogP contribution in [0.2, 0.25) is 5.02 Å². The van der Waals surface area contributed by atoms with Crippen molar-refractivity contribution >= 4 is 34.9 Å². The zero-order chi connectivity index (χ0) is 20.4. The minimum Gasteiger partial charge on any atom is -0.378 e. The molecule has 0 N–H and O–H groups in total. The second-order valence-corrected chi connectivity index (χ2v) is 7.13. The molecule has 0 unspecified atom stereocenters. The zero-order valence-electron chi connectivity index (χ0n) is 16.2. The lowest BCUT2D eigenvalue weighted by atomic mass is 10.2. The van der Waals surface area contributed by atoms with Gasteiger partial charge in [-0.2, -0.15) is 0 Å². The SMILES string of the molecule is Cc1cc(C=Nc2ccc(Cl)c([N+](=O)[O-])c2)c(C)n1-c1ccc(N(C)C)cc1. The van der Waals surface area contributed by atoms with E-state index in [0.717, 1.165) is 28.3 Å². The maximum atomic E-state index is 11.0. The minimum atomic E-state index is -0.509. The molecule has 0 saturated heterocycles. The first-order valence-electron chi connectivity index (χ1n) is 8.72. The van der Waals surface area contributed by atoms with Gasteiger partial charge < -0.3 is 9.47 Å². The average Bonchev–Trinajstić information content (AvgIpc) is 2.94. The summed E-state index contributed by atoms with van der Waals surface area (Å²) in [5.74, 6) is 0. The highest BCUT2D eigenvalue weighted by Crippen LogP contribution is 2.29. The summed E-state index contributed by atoms with van der Waals surface area (Å²) in [6, 6.07) is 14.9. The molecule has 144 valence electrons. The Morgan fingerprint density at radius 2 is 1.79 bits per heavy atom. The number of nitro benzene ring substituents is 1. The Labute approximate surface area is 168 Å². The molecule has 7 heteroatoms. The Hall–Kier alpha value is -3.12. The second kappa shape index (κ2) is 7.86. The Morgan fingerprint density at radius 3 is 2.39 bits per heavy atom. The summed E-state index contributed by atoms with van der Waals surface area (Å²) in [6.45, 7) is 4.07. The molecular formula is C21H21ClN4O2. The number of halogens is 1. The van der Waals surface area contributed by atoms with E-state index in [1.165, 1.54) is 12.1 Å². The quantitative estimate of drug-likeness (QED) is 0.326. The molecular weight excluding hydrogens is 376 g/mol. The van der Waals surface area contributed by atoms with Crippen LogP contribution in [-0.2, 0) is 0 Å². The summed E-state index contributed by atoms with van der Waals surface area (Å²) in [7, 11) is 4.02. The number of rotatable bonds is 5. The summed E-state index contributed by atoms with van der Waals surface area (Å²) in [5.41, 5.74) is 5.62. The third-order valence-electron chi connectivity index (χ3n) is 4.57. The van der Waals surface area contributed by atoms with Crippen molar-refractivity contribution in [1.29, 1.82) is 0 Å². The Morgan fingerprint density at radius 1 is 1.11 bits per heavy atom. The van der Waals surface area contributed by atoms with Crippen LogP contribution in [0.25, 0.3) is 5.69 Å². The molecule has 3 rings (SSSR count). The van der Waals surface area contributed by atoms with E-state index >= 15 is 0 Å². The van der Waals surface area contributed by atoms with Crippen LogP contribution < -0.4 is 4.90 Å². The Kier molecular flexibility index (Phi) is 5.51. The first kappa shape index (κ1) is 19.6. The predicted molar refractivity (Wildman–Crippen MR) is 115 cm³/mol. The monoisotopic (exact) mass is 396 g/mol. The third-order valence-corrected chi connectivity index (χ3v) is 4.89. The van der Waals surface area contributed by atoms with E-state index in [0.29, 0.717) is 5.69 Å². The number of aryl methyl sites for hydroxylation is 1. The van der Waals surface area contributed by atoms with Crippen LogP contribution in [0.1, 0.15) is 17.0 Å². The molecule has 0 bridgehead atoms. The lowest BCUT2D eigenvalue weighted by Crippen LogP contribution is -2.08.